The molecule has 2 aromatic carbocycles. The second kappa shape index (κ2) is 7.84. The number of urea groups is 1. The number of hydrogen-bond donors (Lipinski definition) is 3. The van der Waals surface area contributed by atoms with Crippen LogP contribution in [-0.2, 0) is 0 Å². The molecule has 0 saturated carbocycles. The van der Waals surface area contributed by atoms with Crippen LogP contribution in [0, 0.1) is 19.8 Å². The fraction of sp³-hybridized carbons (Fsp3) is 0.318. The molecule has 3 aromatic rings. The number of aryl methyl sites for hydroxylation is 2. The van der Waals surface area contributed by atoms with E-state index in [9.17, 15) is 9.90 Å². The molecule has 0 unspecified atom stereocenters. The molecule has 0 saturated heterocycles. The van der Waals surface area contributed by atoms with Crippen molar-refractivity contribution in [1.29, 1.82) is 0 Å². The van der Waals surface area contributed by atoms with Crippen LogP contribution in [0.15, 0.2) is 36.5 Å². The van der Waals surface area contributed by atoms with Crippen LogP contribution in [0.5, 0.6) is 5.75 Å². The number of nitrogens with zero attached hydrogens (tertiary/aromatic N) is 2. The van der Waals surface area contributed by atoms with E-state index in [0.29, 0.717) is 23.0 Å². The number of carbonyl (C=O) groups excluding carboxylic acids is 1. The molecule has 0 aliphatic rings. The average Bonchev–Trinajstić information content (AvgIpc) is 2.64. The van der Waals surface area contributed by atoms with E-state index in [2.05, 4.69) is 34.4 Å². The molecule has 2 amide bonds. The lowest BCUT2D eigenvalue weighted by atomic mass is 9.99. The van der Waals surface area contributed by atoms with E-state index in [-0.39, 0.29) is 12.1 Å². The van der Waals surface area contributed by atoms with Gasteiger partial charge in [-0.15, -0.1) is 0 Å². The van der Waals surface area contributed by atoms with E-state index in [4.69, 9.17) is 0 Å². The number of phenolic OH excluding ortho intramolecular Hbond substituents is 1. The van der Waals surface area contributed by atoms with Gasteiger partial charge in [0.1, 0.15) is 5.75 Å². The predicted molar refractivity (Wildman–Crippen MR) is 113 cm³/mol. The Morgan fingerprint density at radius 1 is 1.00 bits per heavy atom. The molecule has 1 heterocycles. The van der Waals surface area contributed by atoms with Gasteiger partial charge in [0, 0.05) is 6.04 Å². The van der Waals surface area contributed by atoms with Crippen molar-refractivity contribution in [2.24, 2.45) is 5.92 Å². The second-order valence-corrected chi connectivity index (χ2v) is 7.55. The maximum absolute atomic E-state index is 12.1. The SMILES string of the molecule is Cc1cc(-c2ccc3ncc(NC(=O)N[C@@H](C)C(C)C)nc3c2)cc(C)c1O. The fourth-order valence-corrected chi connectivity index (χ4v) is 2.90. The van der Waals surface area contributed by atoms with Crippen LogP contribution in [0.4, 0.5) is 10.6 Å². The summed E-state index contributed by atoms with van der Waals surface area (Å²) in [5.41, 5.74) is 5.06. The van der Waals surface area contributed by atoms with Crippen LogP contribution in [0.25, 0.3) is 22.2 Å². The first-order valence-electron chi connectivity index (χ1n) is 9.39. The van der Waals surface area contributed by atoms with Crippen molar-refractivity contribution in [3.63, 3.8) is 0 Å². The van der Waals surface area contributed by atoms with Crippen molar-refractivity contribution in [1.82, 2.24) is 15.3 Å². The minimum absolute atomic E-state index is 0.0565. The highest BCUT2D eigenvalue weighted by atomic mass is 16.3. The summed E-state index contributed by atoms with van der Waals surface area (Å²) in [7, 11) is 0. The number of aromatic hydroxyl groups is 1. The number of rotatable bonds is 4. The highest BCUT2D eigenvalue weighted by Crippen LogP contribution is 2.30. The van der Waals surface area contributed by atoms with Crippen molar-refractivity contribution in [3.05, 3.63) is 47.7 Å². The highest BCUT2D eigenvalue weighted by molar-refractivity contribution is 5.90. The molecule has 6 heteroatoms. The average molecular weight is 378 g/mol. The molecule has 3 N–H and O–H groups in total. The smallest absolute Gasteiger partial charge is 0.320 e. The standard InChI is InChI=1S/C22H26N4O2/c1-12(2)15(5)24-22(28)26-20-11-23-18-7-6-16(10-19(18)25-20)17-8-13(3)21(27)14(4)9-17/h6-12,15,27H,1-5H3,(H2,24,25,26,28)/t15-/m0/s1. The maximum Gasteiger partial charge on any atom is 0.320 e. The van der Waals surface area contributed by atoms with Crippen LogP contribution >= 0.6 is 0 Å². The monoisotopic (exact) mass is 378 g/mol. The molecule has 28 heavy (non-hydrogen) atoms. The van der Waals surface area contributed by atoms with Crippen LogP contribution in [-0.4, -0.2) is 27.1 Å². The van der Waals surface area contributed by atoms with E-state index in [0.717, 1.165) is 27.8 Å². The molecule has 0 radical (unpaired) electrons. The Labute approximate surface area is 165 Å². The second-order valence-electron chi connectivity index (χ2n) is 7.55. The van der Waals surface area contributed by atoms with Crippen LogP contribution in [0.1, 0.15) is 31.9 Å². The Bertz CT molecular complexity index is 1010. The van der Waals surface area contributed by atoms with Gasteiger partial charge in [-0.05, 0) is 73.2 Å². The predicted octanol–water partition coefficient (Wildman–Crippen LogP) is 4.79. The van der Waals surface area contributed by atoms with E-state index in [1.54, 1.807) is 6.20 Å². The van der Waals surface area contributed by atoms with Gasteiger partial charge in [-0.2, -0.15) is 0 Å². The Morgan fingerprint density at radius 3 is 2.32 bits per heavy atom. The molecule has 0 bridgehead atoms. The van der Waals surface area contributed by atoms with Gasteiger partial charge in [0.05, 0.1) is 17.2 Å². The Balaban J connectivity index is 1.88. The molecule has 0 aliphatic heterocycles. The summed E-state index contributed by atoms with van der Waals surface area (Å²) in [4.78, 5) is 21.1. The van der Waals surface area contributed by atoms with E-state index in [1.807, 2.05) is 51.1 Å². The third-order valence-corrected chi connectivity index (χ3v) is 4.97. The summed E-state index contributed by atoms with van der Waals surface area (Å²) in [6, 6.07) is 9.47. The molecular formula is C22H26N4O2. The van der Waals surface area contributed by atoms with Crippen molar-refractivity contribution < 1.29 is 9.90 Å². The number of aromatic nitrogens is 2. The third-order valence-electron chi connectivity index (χ3n) is 4.97. The van der Waals surface area contributed by atoms with E-state index < -0.39 is 0 Å². The van der Waals surface area contributed by atoms with Gasteiger partial charge in [0.25, 0.3) is 0 Å². The van der Waals surface area contributed by atoms with Gasteiger partial charge in [0.2, 0.25) is 0 Å². The lowest BCUT2D eigenvalue weighted by Gasteiger charge is -2.17. The van der Waals surface area contributed by atoms with Crippen molar-refractivity contribution in [2.75, 3.05) is 5.32 Å². The zero-order valence-electron chi connectivity index (χ0n) is 16.9. The zero-order chi connectivity index (χ0) is 20.4. The van der Waals surface area contributed by atoms with Gasteiger partial charge in [-0.1, -0.05) is 19.9 Å². The first-order valence-corrected chi connectivity index (χ1v) is 9.39. The Kier molecular flexibility index (Phi) is 5.49. The summed E-state index contributed by atoms with van der Waals surface area (Å²) in [6.07, 6.45) is 1.55. The first kappa shape index (κ1) is 19.6. The topological polar surface area (TPSA) is 87.1 Å². The van der Waals surface area contributed by atoms with Gasteiger partial charge in [0.15, 0.2) is 5.82 Å². The van der Waals surface area contributed by atoms with Gasteiger partial charge in [-0.25, -0.2) is 9.78 Å². The Morgan fingerprint density at radius 2 is 1.68 bits per heavy atom. The van der Waals surface area contributed by atoms with Crippen LogP contribution in [0.2, 0.25) is 0 Å². The number of carbonyl (C=O) groups is 1. The molecule has 6 nitrogen and oxygen atoms in total. The normalized spacial score (nSPS) is 12.2. The van der Waals surface area contributed by atoms with Crippen molar-refractivity contribution in [2.45, 2.75) is 40.7 Å². The van der Waals surface area contributed by atoms with Crippen molar-refractivity contribution in [3.8, 4) is 16.9 Å². The molecule has 0 aliphatic carbocycles. The number of hydrogen-bond acceptors (Lipinski definition) is 4. The summed E-state index contributed by atoms with van der Waals surface area (Å²) in [5.74, 6) is 1.06. The van der Waals surface area contributed by atoms with E-state index >= 15 is 0 Å². The van der Waals surface area contributed by atoms with E-state index in [1.165, 1.54) is 0 Å². The van der Waals surface area contributed by atoms with Crippen molar-refractivity contribution >= 4 is 22.9 Å². The fourth-order valence-electron chi connectivity index (χ4n) is 2.90. The zero-order valence-corrected chi connectivity index (χ0v) is 16.9. The Hall–Kier alpha value is -3.15. The number of benzene rings is 2. The largest absolute Gasteiger partial charge is 0.507 e. The summed E-state index contributed by atoms with van der Waals surface area (Å²) >= 11 is 0. The van der Waals surface area contributed by atoms with Gasteiger partial charge in [-0.3, -0.25) is 10.3 Å². The molecule has 1 atom stereocenters. The molecule has 0 spiro atoms. The first-order chi connectivity index (χ1) is 13.2. The number of phenols is 1. The number of anilines is 1. The molecule has 0 fully saturated rings. The number of nitrogens with one attached hydrogen (secondary N) is 2. The number of fused-ring (bicyclic) bond motifs is 1. The minimum Gasteiger partial charge on any atom is -0.507 e. The lowest BCUT2D eigenvalue weighted by Crippen LogP contribution is -2.39. The van der Waals surface area contributed by atoms with Crippen LogP contribution in [0.3, 0.4) is 0 Å². The number of amides is 2. The highest BCUT2D eigenvalue weighted by Gasteiger charge is 2.12. The summed E-state index contributed by atoms with van der Waals surface area (Å²) in [6.45, 7) is 9.82. The van der Waals surface area contributed by atoms with Gasteiger partial charge >= 0.3 is 6.03 Å². The minimum atomic E-state index is -0.296. The lowest BCUT2D eigenvalue weighted by molar-refractivity contribution is 0.246. The molecular weight excluding hydrogens is 352 g/mol. The summed E-state index contributed by atoms with van der Waals surface area (Å²) in [5, 5.41) is 15.6. The quantitative estimate of drug-likeness (QED) is 0.609. The van der Waals surface area contributed by atoms with Crippen LogP contribution < -0.4 is 10.6 Å². The third kappa shape index (κ3) is 4.22. The molecule has 146 valence electrons. The molecule has 3 rings (SSSR count). The summed E-state index contributed by atoms with van der Waals surface area (Å²) < 4.78 is 0. The van der Waals surface area contributed by atoms with Gasteiger partial charge < -0.3 is 10.4 Å². The molecule has 1 aromatic heterocycles. The maximum atomic E-state index is 12.1.